The largest absolute Gasteiger partial charge is 0.393 e. The first kappa shape index (κ1) is 18.2. The predicted molar refractivity (Wildman–Crippen MR) is 108 cm³/mol. The molecule has 3 fully saturated rings. The number of aliphatic hydroxyl groups is 1. The number of fused-ring (bicyclic) bond motifs is 7. The van der Waals surface area contributed by atoms with Gasteiger partial charge in [0.25, 0.3) is 0 Å². The summed E-state index contributed by atoms with van der Waals surface area (Å²) in [5, 5.41) is 11.4. The maximum atomic E-state index is 12.2. The number of nitrogens with zero attached hydrogens (tertiary/aromatic N) is 1. The molecule has 1 aromatic heterocycles. The van der Waals surface area contributed by atoms with Crippen LogP contribution in [0.15, 0.2) is 9.82 Å². The second kappa shape index (κ2) is 6.09. The average Bonchev–Trinajstić information content (AvgIpc) is 2.93. The van der Waals surface area contributed by atoms with Gasteiger partial charge in [0.1, 0.15) is 5.03 Å². The van der Waals surface area contributed by atoms with Crippen LogP contribution in [0.5, 0.6) is 0 Å². The maximum absolute atomic E-state index is 12.2. The molecule has 5 heteroatoms. The quantitative estimate of drug-likeness (QED) is 0.565. The minimum absolute atomic E-state index is 0.0829. The number of aromatic nitrogens is 2. The van der Waals surface area contributed by atoms with Gasteiger partial charge in [0.15, 0.2) is 0 Å². The van der Waals surface area contributed by atoms with E-state index < -0.39 is 0 Å². The van der Waals surface area contributed by atoms with Crippen molar-refractivity contribution in [3.8, 4) is 0 Å². The van der Waals surface area contributed by atoms with E-state index in [4.69, 9.17) is 0 Å². The number of rotatable bonds is 1. The smallest absolute Gasteiger partial charge is 0.346 e. The first-order valence-corrected chi connectivity index (χ1v) is 11.9. The molecule has 0 bridgehead atoms. The van der Waals surface area contributed by atoms with E-state index in [0.717, 1.165) is 42.5 Å². The van der Waals surface area contributed by atoms with Crippen molar-refractivity contribution in [1.82, 2.24) is 9.97 Å². The SMILES string of the molecule is CSc1nc(=O)[nH]c2c1C[C@H]1[C@@H]3CC[C@H]4CC[C@@H](O)C[C@]4(C)[C@H]3CC[C@]21C. The summed E-state index contributed by atoms with van der Waals surface area (Å²) < 4.78 is 0. The zero-order chi connectivity index (χ0) is 19.0. The van der Waals surface area contributed by atoms with Gasteiger partial charge >= 0.3 is 5.69 Å². The Balaban J connectivity index is 1.54. The molecule has 0 spiro atoms. The average molecular weight is 389 g/mol. The van der Waals surface area contributed by atoms with Gasteiger partial charge < -0.3 is 10.1 Å². The van der Waals surface area contributed by atoms with Gasteiger partial charge in [-0.3, -0.25) is 0 Å². The molecule has 1 heterocycles. The zero-order valence-electron chi connectivity index (χ0n) is 16.8. The van der Waals surface area contributed by atoms with E-state index in [1.807, 2.05) is 6.26 Å². The fourth-order valence-corrected chi connectivity index (χ4v) is 8.49. The molecule has 4 aliphatic carbocycles. The lowest BCUT2D eigenvalue weighted by Gasteiger charge is -2.60. The zero-order valence-corrected chi connectivity index (χ0v) is 17.6. The highest BCUT2D eigenvalue weighted by atomic mass is 32.2. The van der Waals surface area contributed by atoms with Crippen LogP contribution in [0.4, 0.5) is 0 Å². The van der Waals surface area contributed by atoms with Crippen molar-refractivity contribution in [1.29, 1.82) is 0 Å². The standard InChI is InChI=1S/C22H32N2O2S/c1-21-9-8-16-14(7-5-12-4-6-13(25)11-22(12,16)2)17(21)10-15-18(21)23-20(26)24-19(15)27-3/h12-14,16-17,25H,4-11H2,1-3H3,(H,23,24,26)/t12-,13-,14-,16+,17+,21+,22+/m1/s1. The Morgan fingerprint density at radius 1 is 1.15 bits per heavy atom. The number of thioether (sulfide) groups is 1. The summed E-state index contributed by atoms with van der Waals surface area (Å²) >= 11 is 1.62. The number of H-pyrrole nitrogens is 1. The second-order valence-electron chi connectivity index (χ2n) is 10.2. The molecule has 7 atom stereocenters. The van der Waals surface area contributed by atoms with E-state index in [2.05, 4.69) is 23.8 Å². The number of aliphatic hydroxyl groups excluding tert-OH is 1. The van der Waals surface area contributed by atoms with E-state index in [9.17, 15) is 9.90 Å². The number of aromatic amines is 1. The Labute approximate surface area is 165 Å². The van der Waals surface area contributed by atoms with E-state index in [0.29, 0.717) is 17.3 Å². The summed E-state index contributed by atoms with van der Waals surface area (Å²) in [5.74, 6) is 2.82. The number of nitrogens with one attached hydrogen (secondary N) is 1. The van der Waals surface area contributed by atoms with Crippen molar-refractivity contribution in [2.45, 2.75) is 81.8 Å². The molecule has 4 nitrogen and oxygen atoms in total. The topological polar surface area (TPSA) is 66.0 Å². The molecule has 2 N–H and O–H groups in total. The van der Waals surface area contributed by atoms with Crippen LogP contribution < -0.4 is 5.69 Å². The number of hydrogen-bond acceptors (Lipinski definition) is 4. The van der Waals surface area contributed by atoms with Crippen molar-refractivity contribution in [2.24, 2.45) is 29.1 Å². The number of hydrogen-bond donors (Lipinski definition) is 2. The lowest BCUT2D eigenvalue weighted by Crippen LogP contribution is -2.54. The van der Waals surface area contributed by atoms with Crippen LogP contribution in [-0.2, 0) is 11.8 Å². The van der Waals surface area contributed by atoms with E-state index in [-0.39, 0.29) is 17.2 Å². The Hall–Kier alpha value is -0.810. The van der Waals surface area contributed by atoms with Crippen LogP contribution in [0.25, 0.3) is 0 Å². The minimum atomic E-state index is -0.187. The highest BCUT2D eigenvalue weighted by Crippen LogP contribution is 2.65. The Morgan fingerprint density at radius 2 is 1.93 bits per heavy atom. The molecule has 3 saturated carbocycles. The fourth-order valence-electron chi connectivity index (χ4n) is 7.88. The lowest BCUT2D eigenvalue weighted by molar-refractivity contribution is -0.116. The molecule has 0 radical (unpaired) electrons. The molecule has 0 saturated heterocycles. The lowest BCUT2D eigenvalue weighted by atomic mass is 9.45. The fraction of sp³-hybridized carbons (Fsp3) is 0.818. The van der Waals surface area contributed by atoms with Crippen LogP contribution in [0.2, 0.25) is 0 Å². The summed E-state index contributed by atoms with van der Waals surface area (Å²) in [7, 11) is 0. The molecular formula is C22H32N2O2S. The summed E-state index contributed by atoms with van der Waals surface area (Å²) in [5.41, 5.74) is 2.69. The molecule has 148 valence electrons. The third-order valence-corrected chi connectivity index (χ3v) is 9.89. The molecule has 0 unspecified atom stereocenters. The molecule has 0 aromatic carbocycles. The van der Waals surface area contributed by atoms with E-state index in [1.54, 1.807) is 11.8 Å². The monoisotopic (exact) mass is 388 g/mol. The summed E-state index contributed by atoms with van der Waals surface area (Å²) in [4.78, 5) is 19.6. The normalized spacial score (nSPS) is 45.6. The van der Waals surface area contributed by atoms with Gasteiger partial charge in [-0.1, -0.05) is 13.8 Å². The van der Waals surface area contributed by atoms with Gasteiger partial charge in [0.05, 0.1) is 6.10 Å². The highest BCUT2D eigenvalue weighted by Gasteiger charge is 2.59. The highest BCUT2D eigenvalue weighted by molar-refractivity contribution is 7.98. The summed E-state index contributed by atoms with van der Waals surface area (Å²) in [6.45, 7) is 4.88. The van der Waals surface area contributed by atoms with Crippen LogP contribution in [0.3, 0.4) is 0 Å². The van der Waals surface area contributed by atoms with Crippen LogP contribution in [-0.4, -0.2) is 27.4 Å². The van der Waals surface area contributed by atoms with Crippen LogP contribution >= 0.6 is 11.8 Å². The molecule has 1 aromatic rings. The van der Waals surface area contributed by atoms with Gasteiger partial charge in [-0.2, -0.15) is 4.98 Å². The second-order valence-corrected chi connectivity index (χ2v) is 11.0. The Morgan fingerprint density at radius 3 is 2.70 bits per heavy atom. The minimum Gasteiger partial charge on any atom is -0.393 e. The van der Waals surface area contributed by atoms with Crippen molar-refractivity contribution < 1.29 is 5.11 Å². The maximum Gasteiger partial charge on any atom is 0.346 e. The first-order valence-electron chi connectivity index (χ1n) is 10.7. The van der Waals surface area contributed by atoms with E-state index in [1.165, 1.54) is 36.9 Å². The van der Waals surface area contributed by atoms with Crippen molar-refractivity contribution >= 4 is 11.8 Å². The third-order valence-electron chi connectivity index (χ3n) is 9.16. The van der Waals surface area contributed by atoms with Gasteiger partial charge in [0, 0.05) is 16.7 Å². The summed E-state index contributed by atoms with van der Waals surface area (Å²) in [6, 6.07) is 0. The van der Waals surface area contributed by atoms with Crippen LogP contribution in [0.1, 0.15) is 70.1 Å². The van der Waals surface area contributed by atoms with Gasteiger partial charge in [-0.25, -0.2) is 4.79 Å². The van der Waals surface area contributed by atoms with Crippen molar-refractivity contribution in [2.75, 3.05) is 6.26 Å². The Kier molecular flexibility index (Phi) is 4.11. The van der Waals surface area contributed by atoms with Gasteiger partial charge in [0.2, 0.25) is 0 Å². The molecule has 4 aliphatic rings. The predicted octanol–water partition coefficient (Wildman–Crippen LogP) is 3.91. The molecule has 27 heavy (non-hydrogen) atoms. The van der Waals surface area contributed by atoms with Gasteiger partial charge in [-0.05, 0) is 86.7 Å². The Bertz CT molecular complexity index is 823. The van der Waals surface area contributed by atoms with Gasteiger partial charge in [-0.15, -0.1) is 11.8 Å². The van der Waals surface area contributed by atoms with E-state index >= 15 is 0 Å². The summed E-state index contributed by atoms with van der Waals surface area (Å²) in [6.07, 6.45) is 11.2. The molecule has 5 rings (SSSR count). The van der Waals surface area contributed by atoms with Crippen LogP contribution in [0, 0.1) is 29.1 Å². The molecular weight excluding hydrogens is 356 g/mol. The third kappa shape index (κ3) is 2.46. The van der Waals surface area contributed by atoms with Crippen molar-refractivity contribution in [3.05, 3.63) is 21.7 Å². The molecule has 0 amide bonds. The van der Waals surface area contributed by atoms with Crippen molar-refractivity contribution in [3.63, 3.8) is 0 Å². The first-order chi connectivity index (χ1) is 12.9. The molecule has 0 aliphatic heterocycles.